The fraction of sp³-hybridized carbons (Fsp3) is 0.455. The van der Waals surface area contributed by atoms with Crippen molar-refractivity contribution >= 4 is 0 Å². The average Bonchev–Trinajstić information content (AvgIpc) is 2.17. The number of aliphatic hydroxyl groups excluding tert-OH is 2. The average molecular weight is 178 g/mol. The standard InChI is InChI=1S/C11H14O2/c12-7-9-5-1-3-8-4-2-6-10(13)11(8)9/h1,3,5,10,12-13H,2,4,6-7H2. The summed E-state index contributed by atoms with van der Waals surface area (Å²) in [6, 6.07) is 5.87. The molecular weight excluding hydrogens is 164 g/mol. The molecule has 0 amide bonds. The molecule has 0 aliphatic heterocycles. The Hall–Kier alpha value is -0.860. The maximum atomic E-state index is 9.76. The highest BCUT2D eigenvalue weighted by atomic mass is 16.3. The molecule has 0 saturated carbocycles. The van der Waals surface area contributed by atoms with Gasteiger partial charge in [-0.05, 0) is 36.0 Å². The Morgan fingerprint density at radius 2 is 2.23 bits per heavy atom. The number of rotatable bonds is 1. The van der Waals surface area contributed by atoms with Crippen molar-refractivity contribution in [1.29, 1.82) is 0 Å². The van der Waals surface area contributed by atoms with Crippen molar-refractivity contribution in [2.24, 2.45) is 0 Å². The van der Waals surface area contributed by atoms with Gasteiger partial charge in [0.1, 0.15) is 0 Å². The van der Waals surface area contributed by atoms with E-state index in [9.17, 15) is 5.11 Å². The minimum Gasteiger partial charge on any atom is -0.392 e. The van der Waals surface area contributed by atoms with Crippen molar-refractivity contribution in [3.05, 3.63) is 34.9 Å². The van der Waals surface area contributed by atoms with Crippen LogP contribution in [0, 0.1) is 0 Å². The molecule has 2 heteroatoms. The Kier molecular flexibility index (Phi) is 2.34. The first kappa shape index (κ1) is 8.73. The summed E-state index contributed by atoms with van der Waals surface area (Å²) >= 11 is 0. The first-order valence-corrected chi connectivity index (χ1v) is 4.72. The number of hydrogen-bond donors (Lipinski definition) is 2. The number of fused-ring (bicyclic) bond motifs is 1. The van der Waals surface area contributed by atoms with Crippen LogP contribution in [0.1, 0.15) is 35.6 Å². The SMILES string of the molecule is OCc1cccc2c1C(O)CCC2. The van der Waals surface area contributed by atoms with Gasteiger partial charge < -0.3 is 10.2 Å². The van der Waals surface area contributed by atoms with Gasteiger partial charge in [-0.2, -0.15) is 0 Å². The Morgan fingerprint density at radius 1 is 1.38 bits per heavy atom. The lowest BCUT2D eigenvalue weighted by Gasteiger charge is -2.23. The Bertz CT molecular complexity index is 293. The quantitative estimate of drug-likeness (QED) is 0.685. The second-order valence-electron chi connectivity index (χ2n) is 3.56. The minimum atomic E-state index is -0.368. The van der Waals surface area contributed by atoms with E-state index in [1.807, 2.05) is 18.2 Å². The lowest BCUT2D eigenvalue weighted by Crippen LogP contribution is -2.12. The van der Waals surface area contributed by atoms with Crippen LogP contribution >= 0.6 is 0 Å². The van der Waals surface area contributed by atoms with Crippen molar-refractivity contribution < 1.29 is 10.2 Å². The van der Waals surface area contributed by atoms with Crippen LogP contribution in [0.15, 0.2) is 18.2 Å². The zero-order chi connectivity index (χ0) is 9.26. The van der Waals surface area contributed by atoms with Gasteiger partial charge >= 0.3 is 0 Å². The monoisotopic (exact) mass is 178 g/mol. The van der Waals surface area contributed by atoms with E-state index in [1.54, 1.807) is 0 Å². The van der Waals surface area contributed by atoms with Gasteiger partial charge in [-0.25, -0.2) is 0 Å². The fourth-order valence-corrected chi connectivity index (χ4v) is 2.08. The Balaban J connectivity index is 2.50. The molecule has 0 spiro atoms. The molecule has 1 aliphatic rings. The summed E-state index contributed by atoms with van der Waals surface area (Å²) in [5, 5.41) is 18.9. The number of benzene rings is 1. The van der Waals surface area contributed by atoms with E-state index in [0.29, 0.717) is 0 Å². The summed E-state index contributed by atoms with van der Waals surface area (Å²) in [6.45, 7) is 0.0280. The van der Waals surface area contributed by atoms with Gasteiger partial charge in [0.15, 0.2) is 0 Å². The van der Waals surface area contributed by atoms with Crippen LogP contribution < -0.4 is 0 Å². The van der Waals surface area contributed by atoms with E-state index in [-0.39, 0.29) is 12.7 Å². The molecule has 2 rings (SSSR count). The maximum absolute atomic E-state index is 9.76. The van der Waals surface area contributed by atoms with E-state index in [1.165, 1.54) is 5.56 Å². The predicted molar refractivity (Wildman–Crippen MR) is 50.3 cm³/mol. The van der Waals surface area contributed by atoms with Crippen molar-refractivity contribution in [3.8, 4) is 0 Å². The molecule has 1 atom stereocenters. The summed E-state index contributed by atoms with van der Waals surface area (Å²) in [7, 11) is 0. The van der Waals surface area contributed by atoms with Gasteiger partial charge in [0.25, 0.3) is 0 Å². The summed E-state index contributed by atoms with van der Waals surface area (Å²) in [5.41, 5.74) is 3.05. The van der Waals surface area contributed by atoms with E-state index in [4.69, 9.17) is 5.11 Å². The lowest BCUT2D eigenvalue weighted by atomic mass is 9.86. The molecule has 0 saturated heterocycles. The minimum absolute atomic E-state index is 0.0280. The van der Waals surface area contributed by atoms with Gasteiger partial charge in [-0.15, -0.1) is 0 Å². The maximum Gasteiger partial charge on any atom is 0.0796 e. The van der Waals surface area contributed by atoms with E-state index >= 15 is 0 Å². The lowest BCUT2D eigenvalue weighted by molar-refractivity contribution is 0.152. The van der Waals surface area contributed by atoms with Gasteiger partial charge in [-0.1, -0.05) is 18.2 Å². The Morgan fingerprint density at radius 3 is 3.00 bits per heavy atom. The molecule has 0 aromatic heterocycles. The Labute approximate surface area is 77.8 Å². The third kappa shape index (κ3) is 1.47. The molecule has 1 aliphatic carbocycles. The second-order valence-corrected chi connectivity index (χ2v) is 3.56. The van der Waals surface area contributed by atoms with Crippen molar-refractivity contribution in [2.45, 2.75) is 32.0 Å². The van der Waals surface area contributed by atoms with Crippen LogP contribution in [0.4, 0.5) is 0 Å². The van der Waals surface area contributed by atoms with Crippen LogP contribution in [0.25, 0.3) is 0 Å². The number of hydrogen-bond acceptors (Lipinski definition) is 2. The highest BCUT2D eigenvalue weighted by Crippen LogP contribution is 2.32. The normalized spacial score (nSPS) is 21.2. The van der Waals surface area contributed by atoms with Crippen LogP contribution in [-0.4, -0.2) is 10.2 Å². The molecule has 13 heavy (non-hydrogen) atoms. The molecular formula is C11H14O2. The summed E-state index contributed by atoms with van der Waals surface area (Å²) in [4.78, 5) is 0. The first-order valence-electron chi connectivity index (χ1n) is 4.72. The topological polar surface area (TPSA) is 40.5 Å². The highest BCUT2D eigenvalue weighted by molar-refractivity contribution is 5.38. The highest BCUT2D eigenvalue weighted by Gasteiger charge is 2.20. The molecule has 70 valence electrons. The van der Waals surface area contributed by atoms with E-state index in [0.717, 1.165) is 30.4 Å². The smallest absolute Gasteiger partial charge is 0.0796 e. The molecule has 2 N–H and O–H groups in total. The van der Waals surface area contributed by atoms with E-state index in [2.05, 4.69) is 0 Å². The number of aliphatic hydroxyl groups is 2. The third-order valence-electron chi connectivity index (χ3n) is 2.71. The molecule has 1 aromatic rings. The van der Waals surface area contributed by atoms with Crippen molar-refractivity contribution in [3.63, 3.8) is 0 Å². The van der Waals surface area contributed by atoms with Crippen LogP contribution in [0.3, 0.4) is 0 Å². The largest absolute Gasteiger partial charge is 0.392 e. The van der Waals surface area contributed by atoms with Gasteiger partial charge in [0, 0.05) is 0 Å². The molecule has 1 aromatic carbocycles. The predicted octanol–water partition coefficient (Wildman–Crippen LogP) is 1.55. The first-order chi connectivity index (χ1) is 6.33. The summed E-state index contributed by atoms with van der Waals surface area (Å²) in [6.07, 6.45) is 2.53. The molecule has 0 radical (unpaired) electrons. The van der Waals surface area contributed by atoms with Crippen LogP contribution in [0.5, 0.6) is 0 Å². The molecule has 2 nitrogen and oxygen atoms in total. The molecule has 0 fully saturated rings. The summed E-state index contributed by atoms with van der Waals surface area (Å²) in [5.74, 6) is 0. The molecule has 0 heterocycles. The van der Waals surface area contributed by atoms with Gasteiger partial charge in [0.05, 0.1) is 12.7 Å². The summed E-state index contributed by atoms with van der Waals surface area (Å²) < 4.78 is 0. The molecule has 1 unspecified atom stereocenters. The van der Waals surface area contributed by atoms with Gasteiger partial charge in [-0.3, -0.25) is 0 Å². The fourth-order valence-electron chi connectivity index (χ4n) is 2.08. The second kappa shape index (κ2) is 3.48. The van der Waals surface area contributed by atoms with E-state index < -0.39 is 0 Å². The van der Waals surface area contributed by atoms with Crippen molar-refractivity contribution in [1.82, 2.24) is 0 Å². The van der Waals surface area contributed by atoms with Crippen LogP contribution in [-0.2, 0) is 13.0 Å². The van der Waals surface area contributed by atoms with Crippen LogP contribution in [0.2, 0.25) is 0 Å². The third-order valence-corrected chi connectivity index (χ3v) is 2.71. The number of aryl methyl sites for hydroxylation is 1. The zero-order valence-corrected chi connectivity index (χ0v) is 7.53. The van der Waals surface area contributed by atoms with Crippen molar-refractivity contribution in [2.75, 3.05) is 0 Å². The van der Waals surface area contributed by atoms with Gasteiger partial charge in [0.2, 0.25) is 0 Å². The zero-order valence-electron chi connectivity index (χ0n) is 7.53. The molecule has 0 bridgehead atoms.